The summed E-state index contributed by atoms with van der Waals surface area (Å²) in [4.78, 5) is 33.2. The van der Waals surface area contributed by atoms with Gasteiger partial charge in [0, 0.05) is 0 Å². The summed E-state index contributed by atoms with van der Waals surface area (Å²) in [6, 6.07) is 31.0. The lowest BCUT2D eigenvalue weighted by atomic mass is 9.96. The number of para-hydroxylation sites is 2. The van der Waals surface area contributed by atoms with Crippen molar-refractivity contribution in [2.45, 2.75) is 76.3 Å². The second kappa shape index (κ2) is 20.9. The van der Waals surface area contributed by atoms with Crippen molar-refractivity contribution < 1.29 is 0 Å². The summed E-state index contributed by atoms with van der Waals surface area (Å²) in [6.45, 7) is 2.33. The Morgan fingerprint density at radius 3 is 1.18 bits per heavy atom. The first-order valence-corrected chi connectivity index (χ1v) is 14.5. The van der Waals surface area contributed by atoms with Gasteiger partial charge in [-0.2, -0.15) is 9.98 Å². The normalized spacial score (nSPS) is 14.8. The fraction of sp³-hybridized carbons (Fsp3) is 0.500. The highest BCUT2D eigenvalue weighted by Gasteiger charge is 2.11. The first kappa shape index (κ1) is 30.5. The smallest absolute Gasteiger partial charge is 0.0949 e. The predicted octanol–water partition coefficient (Wildman–Crippen LogP) is 8.00. The third-order valence-corrected chi connectivity index (χ3v) is 6.43. The molecule has 8 heteroatoms. The van der Waals surface area contributed by atoms with Crippen LogP contribution in [-0.2, 0) is 0 Å². The van der Waals surface area contributed by atoms with E-state index in [9.17, 15) is 0 Å². The minimum Gasteiger partial charge on any atom is -0.224 e. The lowest BCUT2D eigenvalue weighted by Crippen LogP contribution is -2.08. The first-order chi connectivity index (χ1) is 19.9. The number of hydrogen-bond donors (Lipinski definition) is 0. The molecule has 2 fully saturated rings. The molecule has 40 heavy (non-hydrogen) atoms. The van der Waals surface area contributed by atoms with E-state index in [0.717, 1.165) is 11.4 Å². The second-order valence-electron chi connectivity index (χ2n) is 9.66. The molecule has 0 amide bonds. The van der Waals surface area contributed by atoms with Gasteiger partial charge in [-0.25, -0.2) is 30.0 Å². The van der Waals surface area contributed by atoms with Gasteiger partial charge < -0.3 is 0 Å². The molecule has 0 saturated heterocycles. The molecule has 0 heterocycles. The van der Waals surface area contributed by atoms with E-state index in [4.69, 9.17) is 0 Å². The maximum Gasteiger partial charge on any atom is 0.0949 e. The van der Waals surface area contributed by atoms with E-state index < -0.39 is 0 Å². The van der Waals surface area contributed by atoms with Crippen molar-refractivity contribution >= 4 is 35.4 Å². The van der Waals surface area contributed by atoms with E-state index in [1.807, 2.05) is 60.7 Å². The third-order valence-electron chi connectivity index (χ3n) is 6.43. The average Bonchev–Trinajstić information content (AvgIpc) is 3.02. The fourth-order valence-electron chi connectivity index (χ4n) is 4.26. The lowest BCUT2D eigenvalue weighted by Gasteiger charge is -2.15. The number of nitrogens with zero attached hydrogens (tertiary/aromatic N) is 8. The molecule has 208 valence electrons. The average molecular weight is 537 g/mol. The summed E-state index contributed by atoms with van der Waals surface area (Å²) in [7, 11) is 0. The molecular weight excluding hydrogens is 496 g/mol. The van der Waals surface area contributed by atoms with Crippen molar-refractivity contribution in [1.82, 2.24) is 0 Å². The Kier molecular flexibility index (Phi) is 15.9. The largest absolute Gasteiger partial charge is 0.224 e. The molecule has 0 unspecified atom stereocenters. The van der Waals surface area contributed by atoms with Gasteiger partial charge in [-0.15, -0.1) is 0 Å². The van der Waals surface area contributed by atoms with Crippen LogP contribution in [0.1, 0.15) is 64.2 Å². The SMILES string of the molecule is C(=NCCN=C=NC1CCCCC1)=NC1CCCCC1.C(=NCCN=C=Nc1ccccc1)=Nc1ccccc1. The number of rotatable bonds is 10. The highest BCUT2D eigenvalue weighted by molar-refractivity contribution is 5.53. The topological polar surface area (TPSA) is 98.9 Å². The van der Waals surface area contributed by atoms with E-state index in [0.29, 0.717) is 38.3 Å². The minimum atomic E-state index is 0.462. The monoisotopic (exact) mass is 536 g/mol. The molecule has 0 bridgehead atoms. The summed E-state index contributed by atoms with van der Waals surface area (Å²) < 4.78 is 0. The Hall–Kier alpha value is -4.04. The van der Waals surface area contributed by atoms with Crippen LogP contribution < -0.4 is 0 Å². The first-order valence-electron chi connectivity index (χ1n) is 14.5. The standard InChI is InChI=1S/C16H26N4.C16H14N4/c2*1-3-7-15(8-4-1)19-13-17-11-12-18-14-20-16-9-5-2-6-10-16/h15-16H,1-12H2;1-10H,11-12H2. The van der Waals surface area contributed by atoms with Crippen LogP contribution in [0, 0.1) is 0 Å². The molecule has 0 aromatic heterocycles. The fourth-order valence-corrected chi connectivity index (χ4v) is 4.26. The quantitative estimate of drug-likeness (QED) is 0.217. The number of hydrogen-bond acceptors (Lipinski definition) is 8. The van der Waals surface area contributed by atoms with Gasteiger partial charge in [0.15, 0.2) is 0 Å². The third kappa shape index (κ3) is 14.8. The van der Waals surface area contributed by atoms with Gasteiger partial charge in [0.25, 0.3) is 0 Å². The van der Waals surface area contributed by atoms with Gasteiger partial charge in [-0.1, -0.05) is 74.9 Å². The second-order valence-corrected chi connectivity index (χ2v) is 9.66. The summed E-state index contributed by atoms with van der Waals surface area (Å²) in [5.74, 6) is 0. The van der Waals surface area contributed by atoms with Gasteiger partial charge in [0.1, 0.15) is 0 Å². The van der Waals surface area contributed by atoms with Crippen molar-refractivity contribution in [3.63, 3.8) is 0 Å². The Bertz CT molecular complexity index is 1100. The molecule has 4 rings (SSSR count). The molecule has 2 aromatic carbocycles. The molecular formula is C32H40N8. The molecule has 8 nitrogen and oxygen atoms in total. The van der Waals surface area contributed by atoms with Gasteiger partial charge in [-0.3, -0.25) is 0 Å². The Morgan fingerprint density at radius 2 is 0.800 bits per heavy atom. The molecule has 0 spiro atoms. The van der Waals surface area contributed by atoms with Crippen molar-refractivity contribution in [3.8, 4) is 0 Å². The molecule has 0 radical (unpaired) electrons. The zero-order chi connectivity index (χ0) is 27.8. The summed E-state index contributed by atoms with van der Waals surface area (Å²) in [5.41, 5.74) is 1.68. The van der Waals surface area contributed by atoms with Crippen LogP contribution in [0.2, 0.25) is 0 Å². The van der Waals surface area contributed by atoms with Crippen LogP contribution in [0.3, 0.4) is 0 Å². The molecule has 0 atom stereocenters. The predicted molar refractivity (Wildman–Crippen MR) is 165 cm³/mol. The van der Waals surface area contributed by atoms with Gasteiger partial charge in [-0.05, 0) is 49.9 Å². The lowest BCUT2D eigenvalue weighted by molar-refractivity contribution is 0.444. The molecule has 2 aromatic rings. The zero-order valence-corrected chi connectivity index (χ0v) is 23.4. The van der Waals surface area contributed by atoms with Crippen LogP contribution in [0.25, 0.3) is 0 Å². The van der Waals surface area contributed by atoms with Crippen molar-refractivity contribution in [3.05, 3.63) is 60.7 Å². The van der Waals surface area contributed by atoms with Crippen molar-refractivity contribution in [2.24, 2.45) is 39.9 Å². The number of aliphatic imine (C=N–C) groups is 8. The zero-order valence-electron chi connectivity index (χ0n) is 23.4. The van der Waals surface area contributed by atoms with Gasteiger partial charge in [0.05, 0.1) is 73.7 Å². The van der Waals surface area contributed by atoms with Crippen molar-refractivity contribution in [2.75, 3.05) is 26.2 Å². The van der Waals surface area contributed by atoms with E-state index in [1.165, 1.54) is 64.2 Å². The highest BCUT2D eigenvalue weighted by Crippen LogP contribution is 2.20. The summed E-state index contributed by atoms with van der Waals surface area (Å²) in [6.07, 6.45) is 12.7. The summed E-state index contributed by atoms with van der Waals surface area (Å²) in [5, 5.41) is 0. The molecule has 2 aliphatic rings. The summed E-state index contributed by atoms with van der Waals surface area (Å²) >= 11 is 0. The maximum absolute atomic E-state index is 4.37. The van der Waals surface area contributed by atoms with E-state index >= 15 is 0 Å². The Labute approximate surface area is 238 Å². The molecule has 0 N–H and O–H groups in total. The van der Waals surface area contributed by atoms with Crippen LogP contribution in [0.4, 0.5) is 11.4 Å². The Balaban J connectivity index is 0.000000220. The van der Waals surface area contributed by atoms with Crippen molar-refractivity contribution in [1.29, 1.82) is 0 Å². The van der Waals surface area contributed by atoms with E-state index in [2.05, 4.69) is 64.0 Å². The van der Waals surface area contributed by atoms with Gasteiger partial charge in [0.2, 0.25) is 0 Å². The van der Waals surface area contributed by atoms with E-state index in [-0.39, 0.29) is 0 Å². The molecule has 0 aliphatic heterocycles. The molecule has 2 aliphatic carbocycles. The minimum absolute atomic E-state index is 0.462. The highest BCUT2D eigenvalue weighted by atomic mass is 14.9. The Morgan fingerprint density at radius 1 is 0.450 bits per heavy atom. The van der Waals surface area contributed by atoms with Crippen LogP contribution in [0.15, 0.2) is 101 Å². The maximum atomic E-state index is 4.37. The van der Waals surface area contributed by atoms with Gasteiger partial charge >= 0.3 is 0 Å². The van der Waals surface area contributed by atoms with Crippen LogP contribution in [-0.4, -0.2) is 62.3 Å². The van der Waals surface area contributed by atoms with Crippen LogP contribution >= 0.6 is 0 Å². The van der Waals surface area contributed by atoms with E-state index in [1.54, 1.807) is 0 Å². The molecule has 2 saturated carbocycles. The van der Waals surface area contributed by atoms with Crippen LogP contribution in [0.5, 0.6) is 0 Å². The number of benzene rings is 2.